The topological polar surface area (TPSA) is 146 Å². The van der Waals surface area contributed by atoms with E-state index in [1.54, 1.807) is 0 Å². The zero-order valence-electron chi connectivity index (χ0n) is 9.89. The first-order valence-corrected chi connectivity index (χ1v) is 8.50. The minimum absolute atomic E-state index is 0.0175. The molecule has 0 bridgehead atoms. The van der Waals surface area contributed by atoms with Crippen LogP contribution < -0.4 is 10.4 Å². The Morgan fingerprint density at radius 1 is 1.33 bits per heavy atom. The number of benzene rings is 1. The Balaban J connectivity index is 2.96. The van der Waals surface area contributed by atoms with E-state index in [-0.39, 0.29) is 15.2 Å². The van der Waals surface area contributed by atoms with Gasteiger partial charge in [-0.3, -0.25) is 4.79 Å². The lowest BCUT2D eigenvalue weighted by molar-refractivity contribution is 0.242. The van der Waals surface area contributed by atoms with E-state index in [4.69, 9.17) is 16.8 Å². The predicted octanol–water partition coefficient (Wildman–Crippen LogP) is 0.0634. The molecule has 0 amide bonds. The van der Waals surface area contributed by atoms with Gasteiger partial charge < -0.3 is 15.0 Å². The van der Waals surface area contributed by atoms with Crippen molar-refractivity contribution in [3.8, 4) is 0 Å². The van der Waals surface area contributed by atoms with Crippen molar-refractivity contribution in [2.45, 2.75) is 4.90 Å². The van der Waals surface area contributed by atoms with Crippen LogP contribution in [0.1, 0.15) is 0 Å². The monoisotopic (exact) mass is 353 g/mol. The zero-order chi connectivity index (χ0) is 16.0. The summed E-state index contributed by atoms with van der Waals surface area (Å²) in [6.07, 6.45) is 0. The Morgan fingerprint density at radius 2 is 1.95 bits per heavy atom. The first-order chi connectivity index (χ1) is 9.58. The molecule has 0 saturated heterocycles. The average Bonchev–Trinajstić information content (AvgIpc) is 2.36. The molecule has 2 rings (SSSR count). The van der Waals surface area contributed by atoms with Gasteiger partial charge in [-0.05, 0) is 18.2 Å². The summed E-state index contributed by atoms with van der Waals surface area (Å²) in [6, 6.07) is 4.95. The van der Waals surface area contributed by atoms with Gasteiger partial charge in [-0.25, -0.2) is 17.3 Å². The molecule has 1 aromatic heterocycles. The van der Waals surface area contributed by atoms with Crippen LogP contribution in [0.15, 0.2) is 27.9 Å². The molecule has 1 heterocycles. The van der Waals surface area contributed by atoms with E-state index in [1.807, 2.05) is 0 Å². The highest BCUT2D eigenvalue weighted by Gasteiger charge is 2.24. The van der Waals surface area contributed by atoms with Crippen molar-refractivity contribution in [3.05, 3.63) is 39.6 Å². The van der Waals surface area contributed by atoms with E-state index in [1.165, 1.54) is 0 Å². The number of hydrogen-bond acceptors (Lipinski definition) is 5. The van der Waals surface area contributed by atoms with Gasteiger partial charge in [-0.15, -0.1) is 0 Å². The second kappa shape index (κ2) is 5.18. The normalized spacial score (nSPS) is 12.8. The minimum atomic E-state index is -4.98. The minimum Gasteiger partial charge on any atom is -0.308 e. The summed E-state index contributed by atoms with van der Waals surface area (Å²) < 4.78 is 34.6. The summed E-state index contributed by atoms with van der Waals surface area (Å²) in [4.78, 5) is 30.4. The van der Waals surface area contributed by atoms with E-state index >= 15 is 0 Å². The summed E-state index contributed by atoms with van der Waals surface area (Å²) in [6.45, 7) is 0. The summed E-state index contributed by atoms with van der Waals surface area (Å²) in [5.74, 6) is 0. The number of halogens is 1. The fourth-order valence-corrected chi connectivity index (χ4v) is 3.59. The lowest BCUT2D eigenvalue weighted by atomic mass is 10.2. The second-order valence-electron chi connectivity index (χ2n) is 3.86. The molecule has 1 aromatic carbocycles. The van der Waals surface area contributed by atoms with Crippen molar-refractivity contribution in [1.82, 2.24) is 9.22 Å². The number of nitrogens with one attached hydrogen (secondary N) is 1. The van der Waals surface area contributed by atoms with Gasteiger partial charge in [0.15, 0.2) is 0 Å². The van der Waals surface area contributed by atoms with Gasteiger partial charge in [0.25, 0.3) is 15.6 Å². The maximum atomic E-state index is 11.5. The van der Waals surface area contributed by atoms with Crippen LogP contribution in [0.3, 0.4) is 0 Å². The zero-order valence-corrected chi connectivity index (χ0v) is 12.4. The number of fused-ring (bicyclic) bond motifs is 1. The number of pyridine rings is 1. The lowest BCUT2D eigenvalue weighted by Gasteiger charge is -2.12. The molecule has 0 fully saturated rings. The van der Waals surface area contributed by atoms with E-state index in [0.29, 0.717) is 0 Å². The Hall–Kier alpha value is -1.26. The molecule has 2 aromatic rings. The molecule has 0 spiro atoms. The van der Waals surface area contributed by atoms with Crippen LogP contribution in [0, 0.1) is 6.07 Å². The molecule has 0 aliphatic carbocycles. The molecule has 9 nitrogen and oxygen atoms in total. The highest BCUT2D eigenvalue weighted by molar-refractivity contribution is 7.89. The molecule has 4 N–H and O–H groups in total. The molecule has 0 atom stereocenters. The van der Waals surface area contributed by atoms with Crippen LogP contribution >= 0.6 is 19.3 Å². The van der Waals surface area contributed by atoms with Crippen molar-refractivity contribution < 1.29 is 28.0 Å². The van der Waals surface area contributed by atoms with Crippen molar-refractivity contribution in [2.75, 3.05) is 0 Å². The first-order valence-electron chi connectivity index (χ1n) is 5.07. The Kier molecular flexibility index (Phi) is 3.98. The van der Waals surface area contributed by atoms with Crippen LogP contribution in [0.2, 0.25) is 5.02 Å². The Labute approximate surface area is 122 Å². The van der Waals surface area contributed by atoms with E-state index in [0.717, 1.165) is 23.1 Å². The molecular weight excluding hydrogens is 347 g/mol. The van der Waals surface area contributed by atoms with Crippen LogP contribution in [0.5, 0.6) is 0 Å². The van der Waals surface area contributed by atoms with Crippen LogP contribution in [0.4, 0.5) is 0 Å². The number of nitrogens with zero attached hydrogens (tertiary/aromatic N) is 1. The Morgan fingerprint density at radius 3 is 2.48 bits per heavy atom. The van der Waals surface area contributed by atoms with Gasteiger partial charge in [0.05, 0.1) is 16.6 Å². The molecule has 113 valence electrons. The summed E-state index contributed by atoms with van der Waals surface area (Å²) in [5.41, 5.74) is -1.36. The van der Waals surface area contributed by atoms with Gasteiger partial charge in [0.1, 0.15) is 4.90 Å². The van der Waals surface area contributed by atoms with Crippen molar-refractivity contribution in [1.29, 1.82) is 0 Å². The summed E-state index contributed by atoms with van der Waals surface area (Å²) in [5, 5.41) is 8.14. The van der Waals surface area contributed by atoms with Gasteiger partial charge in [-0.2, -0.15) is 0 Å². The standard InChI is InChI=1S/C9H7ClN2O7PS/c10-6-4-7-5(3-8(6)21(18,19)11-14)1-2-9(13)12(7)20(15,16)17/h1,3-4,11,14H,(H2,15,16,17). The average molecular weight is 354 g/mol. The number of hydrogen-bond donors (Lipinski definition) is 4. The highest BCUT2D eigenvalue weighted by Crippen LogP contribution is 2.39. The fraction of sp³-hybridized carbons (Fsp3) is 0. The molecule has 12 heteroatoms. The maximum Gasteiger partial charge on any atom is 0.437 e. The largest absolute Gasteiger partial charge is 0.437 e. The molecule has 0 saturated carbocycles. The van der Waals surface area contributed by atoms with Gasteiger partial charge in [0.2, 0.25) is 0 Å². The Bertz CT molecular complexity index is 933. The van der Waals surface area contributed by atoms with E-state index in [2.05, 4.69) is 6.07 Å². The summed E-state index contributed by atoms with van der Waals surface area (Å²) >= 11 is 5.73. The van der Waals surface area contributed by atoms with Gasteiger partial charge in [0, 0.05) is 5.39 Å². The molecule has 1 radical (unpaired) electrons. The third kappa shape index (κ3) is 2.87. The SMILES string of the molecule is O=c1[c]cc2cc(S(=O)(=O)NO)c(Cl)cc2n1P(=O)(O)O. The van der Waals surface area contributed by atoms with Crippen molar-refractivity contribution >= 4 is 40.3 Å². The van der Waals surface area contributed by atoms with Crippen molar-refractivity contribution in [3.63, 3.8) is 0 Å². The van der Waals surface area contributed by atoms with Gasteiger partial charge >= 0.3 is 7.75 Å². The number of sulfonamides is 1. The number of aromatic nitrogens is 1. The fourth-order valence-electron chi connectivity index (χ4n) is 1.68. The maximum absolute atomic E-state index is 11.5. The predicted molar refractivity (Wildman–Crippen MR) is 71.6 cm³/mol. The van der Waals surface area contributed by atoms with Crippen LogP contribution in [-0.2, 0) is 14.6 Å². The molecule has 0 unspecified atom stereocenters. The molecule has 0 aliphatic heterocycles. The third-order valence-electron chi connectivity index (χ3n) is 2.52. The smallest absolute Gasteiger partial charge is 0.308 e. The summed E-state index contributed by atoms with van der Waals surface area (Å²) in [7, 11) is -9.28. The van der Waals surface area contributed by atoms with Gasteiger partial charge in [-0.1, -0.05) is 16.5 Å². The third-order valence-corrected chi connectivity index (χ3v) is 5.02. The van der Waals surface area contributed by atoms with Crippen molar-refractivity contribution in [2.24, 2.45) is 0 Å². The molecule has 0 aliphatic rings. The first kappa shape index (κ1) is 16.1. The molecule has 21 heavy (non-hydrogen) atoms. The van der Waals surface area contributed by atoms with E-state index in [9.17, 15) is 27.6 Å². The highest BCUT2D eigenvalue weighted by atomic mass is 35.5. The van der Waals surface area contributed by atoms with E-state index < -0.39 is 33.2 Å². The molecular formula is C9H7ClN2O7PS. The number of rotatable bonds is 3. The van der Waals surface area contributed by atoms with Crippen LogP contribution in [-0.4, -0.2) is 27.7 Å². The second-order valence-corrected chi connectivity index (χ2v) is 7.32. The quantitative estimate of drug-likeness (QED) is 0.451. The van der Waals surface area contributed by atoms with Crippen LogP contribution in [0.25, 0.3) is 10.9 Å². The lowest BCUT2D eigenvalue weighted by Crippen LogP contribution is -2.21.